The third-order valence-corrected chi connectivity index (χ3v) is 7.00. The second-order valence-corrected chi connectivity index (χ2v) is 9.26. The van der Waals surface area contributed by atoms with Gasteiger partial charge in [-0.2, -0.15) is 0 Å². The van der Waals surface area contributed by atoms with Crippen molar-refractivity contribution in [2.45, 2.75) is 39.2 Å². The van der Waals surface area contributed by atoms with E-state index < -0.39 is 0 Å². The third kappa shape index (κ3) is 5.76. The minimum Gasteiger partial charge on any atom is -0.465 e. The van der Waals surface area contributed by atoms with Crippen molar-refractivity contribution in [3.63, 3.8) is 0 Å². The number of nitrogens with zero attached hydrogens (tertiary/aromatic N) is 1. The van der Waals surface area contributed by atoms with Gasteiger partial charge < -0.3 is 19.1 Å². The van der Waals surface area contributed by atoms with Crippen LogP contribution in [0.3, 0.4) is 0 Å². The van der Waals surface area contributed by atoms with E-state index in [1.165, 1.54) is 37.6 Å². The van der Waals surface area contributed by atoms with Crippen LogP contribution in [0.2, 0.25) is 0 Å². The summed E-state index contributed by atoms with van der Waals surface area (Å²) < 4.78 is 13.8. The summed E-state index contributed by atoms with van der Waals surface area (Å²) in [5, 5.41) is 0. The van der Waals surface area contributed by atoms with Crippen molar-refractivity contribution in [1.82, 2.24) is 0 Å². The molecule has 1 spiro atoms. The van der Waals surface area contributed by atoms with Gasteiger partial charge in [0.1, 0.15) is 12.4 Å². The fourth-order valence-corrected chi connectivity index (χ4v) is 4.68. The van der Waals surface area contributed by atoms with Gasteiger partial charge in [-0.25, -0.2) is 4.79 Å². The minimum absolute atomic E-state index is 0.219. The van der Waals surface area contributed by atoms with Gasteiger partial charge in [-0.15, -0.1) is 0 Å². The molecule has 2 aliphatic rings. The zero-order chi connectivity index (χ0) is 22.4. The van der Waals surface area contributed by atoms with Gasteiger partial charge in [0.25, 0.3) is 0 Å². The molecule has 0 amide bonds. The first-order valence-electron chi connectivity index (χ1n) is 11.2. The van der Waals surface area contributed by atoms with E-state index in [-0.39, 0.29) is 24.3 Å². The van der Waals surface area contributed by atoms with Gasteiger partial charge in [0.2, 0.25) is 0 Å². The minimum atomic E-state index is -0.318. The first-order chi connectivity index (χ1) is 15.6. The van der Waals surface area contributed by atoms with Crippen LogP contribution in [0.15, 0.2) is 48.5 Å². The number of piperidine rings is 1. The molecule has 32 heavy (non-hydrogen) atoms. The van der Waals surface area contributed by atoms with Gasteiger partial charge in [-0.05, 0) is 73.7 Å². The van der Waals surface area contributed by atoms with Gasteiger partial charge in [-0.1, -0.05) is 30.3 Å². The SMILES string of the molecule is CCOC(=O)CSNc1ccc(C(=O)OCc2ccccc2)c(N2CCC3(CC2)CC3)c1. The van der Waals surface area contributed by atoms with Crippen molar-refractivity contribution in [2.75, 3.05) is 35.1 Å². The van der Waals surface area contributed by atoms with Crippen molar-refractivity contribution in [1.29, 1.82) is 0 Å². The molecular weight excluding hydrogens is 424 g/mol. The van der Waals surface area contributed by atoms with Gasteiger partial charge >= 0.3 is 11.9 Å². The van der Waals surface area contributed by atoms with E-state index in [0.29, 0.717) is 17.6 Å². The molecule has 1 heterocycles. The van der Waals surface area contributed by atoms with Crippen LogP contribution in [-0.4, -0.2) is 37.4 Å². The van der Waals surface area contributed by atoms with Crippen LogP contribution < -0.4 is 9.62 Å². The molecule has 1 aliphatic carbocycles. The predicted octanol–water partition coefficient (Wildman–Crippen LogP) is 5.05. The molecular formula is C25H30N2O4S. The Hall–Kier alpha value is -2.67. The topological polar surface area (TPSA) is 67.9 Å². The molecule has 0 radical (unpaired) electrons. The lowest BCUT2D eigenvalue weighted by molar-refractivity contribution is -0.139. The number of carbonyl (C=O) groups is 2. The number of hydrogen-bond acceptors (Lipinski definition) is 7. The number of ether oxygens (including phenoxy) is 2. The molecule has 1 N–H and O–H groups in total. The summed E-state index contributed by atoms with van der Waals surface area (Å²) in [6.07, 6.45) is 5.00. The van der Waals surface area contributed by atoms with Crippen LogP contribution in [-0.2, 0) is 20.9 Å². The van der Waals surface area contributed by atoms with Gasteiger partial charge in [0, 0.05) is 18.8 Å². The first-order valence-corrected chi connectivity index (χ1v) is 12.2. The summed E-state index contributed by atoms with van der Waals surface area (Å²) in [6.45, 7) is 4.30. The van der Waals surface area contributed by atoms with Gasteiger partial charge in [0.05, 0.1) is 17.9 Å². The van der Waals surface area contributed by atoms with Crippen molar-refractivity contribution in [2.24, 2.45) is 5.41 Å². The molecule has 1 saturated heterocycles. The Kier molecular flexibility index (Phi) is 7.25. The van der Waals surface area contributed by atoms with E-state index >= 15 is 0 Å². The molecule has 0 unspecified atom stereocenters. The molecule has 2 aromatic rings. The molecule has 4 rings (SSSR count). The maximum Gasteiger partial charge on any atom is 0.340 e. The number of benzene rings is 2. The molecule has 0 atom stereocenters. The Balaban J connectivity index is 1.46. The van der Waals surface area contributed by atoms with E-state index in [4.69, 9.17) is 9.47 Å². The summed E-state index contributed by atoms with van der Waals surface area (Å²) in [7, 11) is 0. The largest absolute Gasteiger partial charge is 0.465 e. The average molecular weight is 455 g/mol. The highest BCUT2D eigenvalue weighted by atomic mass is 32.2. The standard InChI is InChI=1S/C25H30N2O4S/c1-2-30-23(28)18-32-26-20-8-9-21(24(29)31-17-19-6-4-3-5-7-19)22(16-20)27-14-12-25(10-11-25)13-15-27/h3-9,16,26H,2,10-15,17-18H2,1H3. The van der Waals surface area contributed by atoms with Crippen LogP contribution >= 0.6 is 11.9 Å². The smallest absolute Gasteiger partial charge is 0.340 e. The molecule has 7 heteroatoms. The molecule has 2 aromatic carbocycles. The molecule has 6 nitrogen and oxygen atoms in total. The molecule has 0 aromatic heterocycles. The highest BCUT2D eigenvalue weighted by Gasteiger charge is 2.44. The van der Waals surface area contributed by atoms with Crippen molar-refractivity contribution in [3.05, 3.63) is 59.7 Å². The number of rotatable bonds is 9. The Morgan fingerprint density at radius 3 is 2.47 bits per heavy atom. The summed E-state index contributed by atoms with van der Waals surface area (Å²) in [4.78, 5) is 26.9. The van der Waals surface area contributed by atoms with Crippen LogP contribution in [0.25, 0.3) is 0 Å². The zero-order valence-corrected chi connectivity index (χ0v) is 19.3. The fourth-order valence-electron chi connectivity index (χ4n) is 4.11. The lowest BCUT2D eigenvalue weighted by atomic mass is 9.93. The van der Waals surface area contributed by atoms with Gasteiger partial charge in [0.15, 0.2) is 0 Å². The Morgan fingerprint density at radius 2 is 1.78 bits per heavy atom. The monoisotopic (exact) mass is 454 g/mol. The number of anilines is 2. The van der Waals surface area contributed by atoms with E-state index in [0.717, 1.165) is 30.0 Å². The summed E-state index contributed by atoms with van der Waals surface area (Å²) in [5.74, 6) is -0.352. The molecule has 1 aliphatic heterocycles. The highest BCUT2D eigenvalue weighted by molar-refractivity contribution is 8.01. The maximum atomic E-state index is 13.0. The quantitative estimate of drug-likeness (QED) is 0.420. The molecule has 2 fully saturated rings. The Bertz CT molecular complexity index is 936. The molecule has 1 saturated carbocycles. The molecule has 170 valence electrons. The van der Waals surface area contributed by atoms with Crippen LogP contribution in [0, 0.1) is 5.41 Å². The Labute approximate surface area is 193 Å². The summed E-state index contributed by atoms with van der Waals surface area (Å²) >= 11 is 1.28. The van der Waals surface area contributed by atoms with Crippen LogP contribution in [0.5, 0.6) is 0 Å². The van der Waals surface area contributed by atoms with E-state index in [2.05, 4.69) is 9.62 Å². The number of hydrogen-bond donors (Lipinski definition) is 1. The van der Waals surface area contributed by atoms with E-state index in [9.17, 15) is 9.59 Å². The maximum absolute atomic E-state index is 13.0. The van der Waals surface area contributed by atoms with Gasteiger partial charge in [-0.3, -0.25) is 4.79 Å². The van der Waals surface area contributed by atoms with E-state index in [1.54, 1.807) is 6.92 Å². The highest BCUT2D eigenvalue weighted by Crippen LogP contribution is 2.54. The predicted molar refractivity (Wildman–Crippen MR) is 128 cm³/mol. The normalized spacial score (nSPS) is 16.5. The third-order valence-electron chi connectivity index (χ3n) is 6.24. The fraction of sp³-hybridized carbons (Fsp3) is 0.440. The van der Waals surface area contributed by atoms with Crippen molar-refractivity contribution < 1.29 is 19.1 Å². The second-order valence-electron chi connectivity index (χ2n) is 8.48. The second kappa shape index (κ2) is 10.3. The lowest BCUT2D eigenvalue weighted by Crippen LogP contribution is -2.35. The van der Waals surface area contributed by atoms with Crippen LogP contribution in [0.4, 0.5) is 11.4 Å². The summed E-state index contributed by atoms with van der Waals surface area (Å²) in [6, 6.07) is 15.4. The van der Waals surface area contributed by atoms with Crippen LogP contribution in [0.1, 0.15) is 48.5 Å². The lowest BCUT2D eigenvalue weighted by Gasteiger charge is -2.35. The van der Waals surface area contributed by atoms with Crippen molar-refractivity contribution in [3.8, 4) is 0 Å². The zero-order valence-electron chi connectivity index (χ0n) is 18.5. The average Bonchev–Trinajstić information content (AvgIpc) is 3.57. The number of esters is 2. The number of carbonyl (C=O) groups excluding carboxylic acids is 2. The molecule has 0 bridgehead atoms. The number of nitrogens with one attached hydrogen (secondary N) is 1. The Morgan fingerprint density at radius 1 is 1.03 bits per heavy atom. The van der Waals surface area contributed by atoms with E-state index in [1.807, 2.05) is 48.5 Å². The van der Waals surface area contributed by atoms with Crippen molar-refractivity contribution >= 4 is 35.3 Å². The summed E-state index contributed by atoms with van der Waals surface area (Å²) in [5.41, 5.74) is 3.83. The first kappa shape index (κ1) is 22.5.